The molecule has 1 fully saturated rings. The van der Waals surface area contributed by atoms with Gasteiger partial charge in [0.15, 0.2) is 0 Å². The predicted molar refractivity (Wildman–Crippen MR) is 89.6 cm³/mol. The van der Waals surface area contributed by atoms with Crippen molar-refractivity contribution in [2.24, 2.45) is 17.1 Å². The quantitative estimate of drug-likeness (QED) is 0.865. The molecular weight excluding hydrogens is 258 g/mol. The van der Waals surface area contributed by atoms with Gasteiger partial charge in [0, 0.05) is 11.1 Å². The second-order valence-electron chi connectivity index (χ2n) is 7.48. The van der Waals surface area contributed by atoms with Gasteiger partial charge in [0.2, 0.25) is 0 Å². The first-order chi connectivity index (χ1) is 9.82. The molecule has 0 aliphatic heterocycles. The van der Waals surface area contributed by atoms with E-state index in [2.05, 4.69) is 45.9 Å². The van der Waals surface area contributed by atoms with Gasteiger partial charge in [-0.1, -0.05) is 44.9 Å². The SMILES string of the molecule is CCC(C)(C)C1CCC(N)(c2cc(C)ccc2OC)CC1. The van der Waals surface area contributed by atoms with Gasteiger partial charge in [-0.15, -0.1) is 0 Å². The number of hydrogen-bond acceptors (Lipinski definition) is 2. The van der Waals surface area contributed by atoms with Crippen LogP contribution in [0.2, 0.25) is 0 Å². The van der Waals surface area contributed by atoms with E-state index in [4.69, 9.17) is 10.5 Å². The maximum atomic E-state index is 6.79. The molecule has 21 heavy (non-hydrogen) atoms. The number of methoxy groups -OCH3 is 1. The Kier molecular flexibility index (Phi) is 4.67. The third-order valence-corrected chi connectivity index (χ3v) is 5.79. The maximum absolute atomic E-state index is 6.79. The molecule has 1 aliphatic carbocycles. The van der Waals surface area contributed by atoms with Crippen molar-refractivity contribution in [2.45, 2.75) is 65.3 Å². The highest BCUT2D eigenvalue weighted by Gasteiger charge is 2.39. The minimum atomic E-state index is -0.225. The summed E-state index contributed by atoms with van der Waals surface area (Å²) < 4.78 is 5.55. The number of ether oxygens (including phenoxy) is 1. The highest BCUT2D eigenvalue weighted by Crippen LogP contribution is 2.47. The van der Waals surface area contributed by atoms with Gasteiger partial charge in [-0.2, -0.15) is 0 Å². The van der Waals surface area contributed by atoms with Crippen LogP contribution in [0.5, 0.6) is 5.75 Å². The zero-order chi connectivity index (χ0) is 15.7. The van der Waals surface area contributed by atoms with Crippen LogP contribution in [0, 0.1) is 18.3 Å². The molecule has 1 saturated carbocycles. The Labute approximate surface area is 130 Å². The van der Waals surface area contributed by atoms with Crippen molar-refractivity contribution in [1.82, 2.24) is 0 Å². The van der Waals surface area contributed by atoms with E-state index >= 15 is 0 Å². The Morgan fingerprint density at radius 1 is 1.29 bits per heavy atom. The van der Waals surface area contributed by atoms with Crippen LogP contribution in [0.4, 0.5) is 0 Å². The summed E-state index contributed by atoms with van der Waals surface area (Å²) in [5.41, 5.74) is 9.45. The molecule has 0 radical (unpaired) electrons. The molecule has 0 saturated heterocycles. The van der Waals surface area contributed by atoms with Crippen molar-refractivity contribution < 1.29 is 4.74 Å². The third-order valence-electron chi connectivity index (χ3n) is 5.79. The molecule has 0 aromatic heterocycles. The smallest absolute Gasteiger partial charge is 0.123 e. The number of nitrogens with two attached hydrogens (primary N) is 1. The van der Waals surface area contributed by atoms with Crippen LogP contribution in [0.25, 0.3) is 0 Å². The summed E-state index contributed by atoms with van der Waals surface area (Å²) in [5.74, 6) is 1.73. The van der Waals surface area contributed by atoms with E-state index in [1.54, 1.807) is 7.11 Å². The van der Waals surface area contributed by atoms with Crippen molar-refractivity contribution >= 4 is 0 Å². The molecule has 118 valence electrons. The largest absolute Gasteiger partial charge is 0.496 e. The monoisotopic (exact) mass is 289 g/mol. The third kappa shape index (κ3) is 3.26. The Hall–Kier alpha value is -1.02. The van der Waals surface area contributed by atoms with Crippen molar-refractivity contribution in [1.29, 1.82) is 0 Å². The van der Waals surface area contributed by atoms with Gasteiger partial charge in [0.25, 0.3) is 0 Å². The number of aryl methyl sites for hydroxylation is 1. The fraction of sp³-hybridized carbons (Fsp3) is 0.684. The van der Waals surface area contributed by atoms with E-state index in [1.807, 2.05) is 0 Å². The van der Waals surface area contributed by atoms with Gasteiger partial charge in [0.05, 0.1) is 7.11 Å². The molecule has 1 aromatic carbocycles. The zero-order valence-electron chi connectivity index (χ0n) is 14.3. The summed E-state index contributed by atoms with van der Waals surface area (Å²) in [5, 5.41) is 0. The second kappa shape index (κ2) is 6.00. The topological polar surface area (TPSA) is 35.2 Å². The van der Waals surface area contributed by atoms with E-state index in [9.17, 15) is 0 Å². The Bertz CT molecular complexity index is 484. The van der Waals surface area contributed by atoms with Crippen LogP contribution in [-0.4, -0.2) is 7.11 Å². The van der Waals surface area contributed by atoms with Crippen LogP contribution in [-0.2, 0) is 5.54 Å². The Morgan fingerprint density at radius 3 is 2.43 bits per heavy atom. The molecule has 0 atom stereocenters. The number of rotatable bonds is 4. The van der Waals surface area contributed by atoms with E-state index < -0.39 is 0 Å². The first-order valence-corrected chi connectivity index (χ1v) is 8.26. The standard InChI is InChI=1S/C19H31NO/c1-6-18(3,4)15-9-11-19(20,12-10-15)16-13-14(2)7-8-17(16)21-5/h7-8,13,15H,6,9-12,20H2,1-5H3. The molecule has 1 aliphatic rings. The molecule has 2 nitrogen and oxygen atoms in total. The fourth-order valence-corrected chi connectivity index (χ4v) is 3.68. The molecular formula is C19H31NO. The second-order valence-corrected chi connectivity index (χ2v) is 7.48. The number of benzene rings is 1. The van der Waals surface area contributed by atoms with E-state index in [0.29, 0.717) is 5.41 Å². The Balaban J connectivity index is 2.21. The molecule has 0 heterocycles. The van der Waals surface area contributed by atoms with E-state index in [0.717, 1.165) is 24.5 Å². The van der Waals surface area contributed by atoms with Crippen LogP contribution < -0.4 is 10.5 Å². The fourth-order valence-electron chi connectivity index (χ4n) is 3.68. The summed E-state index contributed by atoms with van der Waals surface area (Å²) in [7, 11) is 1.74. The van der Waals surface area contributed by atoms with Crippen LogP contribution in [0.15, 0.2) is 18.2 Å². The first-order valence-electron chi connectivity index (χ1n) is 8.26. The molecule has 0 amide bonds. The molecule has 2 N–H and O–H groups in total. The minimum Gasteiger partial charge on any atom is -0.496 e. The summed E-state index contributed by atoms with van der Waals surface area (Å²) in [6, 6.07) is 6.36. The van der Waals surface area contributed by atoms with E-state index in [1.165, 1.54) is 30.4 Å². The summed E-state index contributed by atoms with van der Waals surface area (Å²) in [4.78, 5) is 0. The van der Waals surface area contributed by atoms with Crippen molar-refractivity contribution in [2.75, 3.05) is 7.11 Å². The van der Waals surface area contributed by atoms with Gasteiger partial charge in [-0.3, -0.25) is 0 Å². The first kappa shape index (κ1) is 16.4. The lowest BCUT2D eigenvalue weighted by Crippen LogP contribution is -2.43. The van der Waals surface area contributed by atoms with Gasteiger partial charge >= 0.3 is 0 Å². The van der Waals surface area contributed by atoms with Gasteiger partial charge < -0.3 is 10.5 Å². The summed E-state index contributed by atoms with van der Waals surface area (Å²) in [6.45, 7) is 9.22. The van der Waals surface area contributed by atoms with E-state index in [-0.39, 0.29) is 5.54 Å². The normalized spacial score (nSPS) is 26.7. The van der Waals surface area contributed by atoms with Crippen molar-refractivity contribution in [3.8, 4) is 5.75 Å². The average Bonchev–Trinajstić information content (AvgIpc) is 2.47. The predicted octanol–water partition coefficient (Wildman–Crippen LogP) is 4.78. The van der Waals surface area contributed by atoms with Crippen LogP contribution >= 0.6 is 0 Å². The zero-order valence-corrected chi connectivity index (χ0v) is 14.3. The van der Waals surface area contributed by atoms with Crippen LogP contribution in [0.1, 0.15) is 64.0 Å². The molecule has 1 aromatic rings. The lowest BCUT2D eigenvalue weighted by Gasteiger charge is -2.44. The van der Waals surface area contributed by atoms with Gasteiger partial charge in [-0.05, 0) is 50.0 Å². The van der Waals surface area contributed by atoms with Gasteiger partial charge in [-0.25, -0.2) is 0 Å². The number of hydrogen-bond donors (Lipinski definition) is 1. The summed E-state index contributed by atoms with van der Waals surface area (Å²) in [6.07, 6.45) is 5.79. The lowest BCUT2D eigenvalue weighted by molar-refractivity contribution is 0.114. The average molecular weight is 289 g/mol. The Morgan fingerprint density at radius 2 is 1.90 bits per heavy atom. The van der Waals surface area contributed by atoms with Crippen molar-refractivity contribution in [3.63, 3.8) is 0 Å². The highest BCUT2D eigenvalue weighted by atomic mass is 16.5. The molecule has 0 bridgehead atoms. The molecule has 0 unspecified atom stereocenters. The van der Waals surface area contributed by atoms with Crippen molar-refractivity contribution in [3.05, 3.63) is 29.3 Å². The van der Waals surface area contributed by atoms with Gasteiger partial charge in [0.1, 0.15) is 5.75 Å². The molecule has 2 rings (SSSR count). The molecule has 0 spiro atoms. The lowest BCUT2D eigenvalue weighted by atomic mass is 9.64. The maximum Gasteiger partial charge on any atom is 0.123 e. The highest BCUT2D eigenvalue weighted by molar-refractivity contribution is 5.42. The van der Waals surface area contributed by atoms with Crippen LogP contribution in [0.3, 0.4) is 0 Å². The summed E-state index contributed by atoms with van der Waals surface area (Å²) >= 11 is 0. The minimum absolute atomic E-state index is 0.225. The molecule has 2 heteroatoms.